The molecule has 8 heteroatoms. The highest BCUT2D eigenvalue weighted by atomic mass is 32.2. The maximum Gasteiger partial charge on any atom is 0.412 e. The number of methoxy groups -OCH3 is 1. The van der Waals surface area contributed by atoms with Crippen LogP contribution in [0, 0.1) is 0 Å². The number of nitrogens with zero attached hydrogens (tertiary/aromatic N) is 1. The van der Waals surface area contributed by atoms with Gasteiger partial charge in [0.05, 0.1) is 12.0 Å². The summed E-state index contributed by atoms with van der Waals surface area (Å²) in [6, 6.07) is 6.87. The topological polar surface area (TPSA) is 90.0 Å². The van der Waals surface area contributed by atoms with Crippen LogP contribution in [0.15, 0.2) is 35.2 Å². The van der Waals surface area contributed by atoms with Crippen molar-refractivity contribution in [2.75, 3.05) is 7.11 Å². The van der Waals surface area contributed by atoms with Crippen molar-refractivity contribution < 1.29 is 27.5 Å². The SMILES string of the molecule is COC(=O)[C@@H]1CC[C@H](S(=O)(=O)c2ccccc2)N1C(=O)OC(C)(C)C. The summed E-state index contributed by atoms with van der Waals surface area (Å²) in [5.41, 5.74) is -0.818. The van der Waals surface area contributed by atoms with Crippen LogP contribution in [0.1, 0.15) is 33.6 Å². The van der Waals surface area contributed by atoms with Crippen molar-refractivity contribution >= 4 is 21.9 Å². The van der Waals surface area contributed by atoms with Gasteiger partial charge in [-0.1, -0.05) is 18.2 Å². The van der Waals surface area contributed by atoms with Crippen molar-refractivity contribution in [1.29, 1.82) is 0 Å². The Bertz CT molecular complexity index is 738. The summed E-state index contributed by atoms with van der Waals surface area (Å²) < 4.78 is 36.0. The summed E-state index contributed by atoms with van der Waals surface area (Å²) in [4.78, 5) is 25.7. The van der Waals surface area contributed by atoms with Gasteiger partial charge in [0.15, 0.2) is 9.84 Å². The molecule has 0 bridgehead atoms. The average molecular weight is 369 g/mol. The van der Waals surface area contributed by atoms with Crippen LogP contribution in [0.4, 0.5) is 4.79 Å². The van der Waals surface area contributed by atoms with Crippen LogP contribution >= 0.6 is 0 Å². The van der Waals surface area contributed by atoms with Crippen molar-refractivity contribution in [3.05, 3.63) is 30.3 Å². The monoisotopic (exact) mass is 369 g/mol. The summed E-state index contributed by atoms with van der Waals surface area (Å²) in [5.74, 6) is -0.656. The van der Waals surface area contributed by atoms with E-state index in [4.69, 9.17) is 9.47 Å². The third-order valence-corrected chi connectivity index (χ3v) is 5.95. The number of benzene rings is 1. The Labute approximate surface area is 147 Å². The van der Waals surface area contributed by atoms with E-state index in [1.807, 2.05) is 0 Å². The highest BCUT2D eigenvalue weighted by Gasteiger charge is 2.49. The van der Waals surface area contributed by atoms with Crippen LogP contribution in [0.25, 0.3) is 0 Å². The minimum atomic E-state index is -3.85. The Morgan fingerprint density at radius 1 is 1.12 bits per heavy atom. The molecule has 1 aliphatic rings. The maximum absolute atomic E-state index is 13.0. The molecule has 1 aliphatic heterocycles. The van der Waals surface area contributed by atoms with Crippen LogP contribution in [-0.2, 0) is 24.1 Å². The van der Waals surface area contributed by atoms with E-state index in [0.29, 0.717) is 0 Å². The third kappa shape index (κ3) is 4.12. The molecule has 1 amide bonds. The molecule has 1 aromatic carbocycles. The molecule has 0 saturated carbocycles. The van der Waals surface area contributed by atoms with Gasteiger partial charge in [-0.05, 0) is 45.7 Å². The predicted molar refractivity (Wildman–Crippen MR) is 90.5 cm³/mol. The zero-order valence-corrected chi connectivity index (χ0v) is 15.6. The third-order valence-electron chi connectivity index (χ3n) is 3.84. The van der Waals surface area contributed by atoms with E-state index in [1.165, 1.54) is 19.2 Å². The lowest BCUT2D eigenvalue weighted by Gasteiger charge is -2.31. The molecule has 1 heterocycles. The molecule has 0 unspecified atom stereocenters. The highest BCUT2D eigenvalue weighted by Crippen LogP contribution is 2.33. The molecule has 138 valence electrons. The van der Waals surface area contributed by atoms with Crippen LogP contribution in [0.3, 0.4) is 0 Å². The molecule has 0 aromatic heterocycles. The van der Waals surface area contributed by atoms with E-state index >= 15 is 0 Å². The van der Waals surface area contributed by atoms with E-state index in [-0.39, 0.29) is 17.7 Å². The molecule has 0 N–H and O–H groups in total. The zero-order chi connectivity index (χ0) is 18.8. The highest BCUT2D eigenvalue weighted by molar-refractivity contribution is 7.92. The second-order valence-corrected chi connectivity index (χ2v) is 8.92. The Balaban J connectivity index is 2.42. The summed E-state index contributed by atoms with van der Waals surface area (Å²) >= 11 is 0. The zero-order valence-electron chi connectivity index (χ0n) is 14.8. The van der Waals surface area contributed by atoms with E-state index in [2.05, 4.69) is 0 Å². The second kappa shape index (κ2) is 7.03. The number of hydrogen-bond donors (Lipinski definition) is 0. The van der Waals surface area contributed by atoms with E-state index in [9.17, 15) is 18.0 Å². The molecular formula is C17H23NO6S. The quantitative estimate of drug-likeness (QED) is 0.760. The largest absolute Gasteiger partial charge is 0.467 e. The summed E-state index contributed by atoms with van der Waals surface area (Å²) in [6.45, 7) is 5.03. The van der Waals surface area contributed by atoms with Gasteiger partial charge in [-0.25, -0.2) is 18.0 Å². The fourth-order valence-corrected chi connectivity index (χ4v) is 4.61. The molecule has 0 aliphatic carbocycles. The van der Waals surface area contributed by atoms with Crippen molar-refractivity contribution in [2.24, 2.45) is 0 Å². The molecule has 1 aromatic rings. The lowest BCUT2D eigenvalue weighted by Crippen LogP contribution is -2.49. The van der Waals surface area contributed by atoms with Gasteiger partial charge in [0.25, 0.3) is 0 Å². The molecular weight excluding hydrogens is 346 g/mol. The summed E-state index contributed by atoms with van der Waals surface area (Å²) in [5, 5.41) is -1.17. The van der Waals surface area contributed by atoms with Crippen LogP contribution < -0.4 is 0 Å². The van der Waals surface area contributed by atoms with E-state index in [1.54, 1.807) is 39.0 Å². The lowest BCUT2D eigenvalue weighted by atomic mass is 10.2. The standard InChI is InChI=1S/C17H23NO6S/c1-17(2,3)24-16(20)18-13(15(19)23-4)10-11-14(18)25(21,22)12-8-6-5-7-9-12/h5-9,13-14H,10-11H2,1-4H3/t13-,14-/m0/s1. The minimum Gasteiger partial charge on any atom is -0.467 e. The second-order valence-electron chi connectivity index (χ2n) is 6.82. The Kier molecular flexibility index (Phi) is 5.41. The molecule has 0 radical (unpaired) electrons. The van der Waals surface area contributed by atoms with Crippen LogP contribution in [-0.4, -0.2) is 49.5 Å². The van der Waals surface area contributed by atoms with Crippen molar-refractivity contribution in [2.45, 2.75) is 55.5 Å². The van der Waals surface area contributed by atoms with Crippen LogP contribution in [0.2, 0.25) is 0 Å². The number of amides is 1. The van der Waals surface area contributed by atoms with Gasteiger partial charge in [-0.15, -0.1) is 0 Å². The first-order chi connectivity index (χ1) is 11.6. The van der Waals surface area contributed by atoms with Crippen LogP contribution in [0.5, 0.6) is 0 Å². The first-order valence-electron chi connectivity index (χ1n) is 7.96. The van der Waals surface area contributed by atoms with Gasteiger partial charge in [0, 0.05) is 0 Å². The fourth-order valence-electron chi connectivity index (χ4n) is 2.78. The maximum atomic E-state index is 13.0. The van der Waals surface area contributed by atoms with Gasteiger partial charge < -0.3 is 9.47 Å². The van der Waals surface area contributed by atoms with E-state index in [0.717, 1.165) is 4.90 Å². The average Bonchev–Trinajstić information content (AvgIpc) is 2.99. The number of rotatable bonds is 3. The van der Waals surface area contributed by atoms with Crippen molar-refractivity contribution in [1.82, 2.24) is 4.90 Å². The Morgan fingerprint density at radius 3 is 2.24 bits per heavy atom. The number of carbonyl (C=O) groups excluding carboxylic acids is 2. The number of ether oxygens (including phenoxy) is 2. The first kappa shape index (κ1) is 19.2. The van der Waals surface area contributed by atoms with Crippen molar-refractivity contribution in [3.63, 3.8) is 0 Å². The minimum absolute atomic E-state index is 0.0964. The molecule has 7 nitrogen and oxygen atoms in total. The number of likely N-dealkylation sites (tertiary alicyclic amines) is 1. The van der Waals surface area contributed by atoms with Gasteiger partial charge in [0.1, 0.15) is 17.0 Å². The molecule has 2 rings (SSSR count). The summed E-state index contributed by atoms with van der Waals surface area (Å²) in [6.07, 6.45) is -0.510. The number of carbonyl (C=O) groups is 2. The van der Waals surface area contributed by atoms with Gasteiger partial charge >= 0.3 is 12.1 Å². The lowest BCUT2D eigenvalue weighted by molar-refractivity contribution is -0.145. The van der Waals surface area contributed by atoms with E-state index < -0.39 is 38.9 Å². The number of esters is 1. The Hall–Kier alpha value is -2.09. The normalized spacial score (nSPS) is 21.0. The Morgan fingerprint density at radius 2 is 1.72 bits per heavy atom. The van der Waals surface area contributed by atoms with Crippen molar-refractivity contribution in [3.8, 4) is 0 Å². The molecule has 1 saturated heterocycles. The number of hydrogen-bond acceptors (Lipinski definition) is 6. The number of sulfone groups is 1. The smallest absolute Gasteiger partial charge is 0.412 e. The molecule has 25 heavy (non-hydrogen) atoms. The predicted octanol–water partition coefficient (Wildman–Crippen LogP) is 2.36. The van der Waals surface area contributed by atoms with Gasteiger partial charge in [0.2, 0.25) is 0 Å². The fraction of sp³-hybridized carbons (Fsp3) is 0.529. The van der Waals surface area contributed by atoms with Gasteiger partial charge in [-0.2, -0.15) is 0 Å². The molecule has 1 fully saturated rings. The first-order valence-corrected chi connectivity index (χ1v) is 9.50. The molecule has 2 atom stereocenters. The van der Waals surface area contributed by atoms with Gasteiger partial charge in [-0.3, -0.25) is 4.90 Å². The molecule has 0 spiro atoms. The summed E-state index contributed by atoms with van der Waals surface area (Å²) in [7, 11) is -2.64.